The van der Waals surface area contributed by atoms with Gasteiger partial charge in [-0.2, -0.15) is 0 Å². The Labute approximate surface area is 296 Å². The van der Waals surface area contributed by atoms with Crippen LogP contribution in [0.25, 0.3) is 0 Å². The van der Waals surface area contributed by atoms with Crippen molar-refractivity contribution >= 4 is 101 Å². The summed E-state index contributed by atoms with van der Waals surface area (Å²) in [5.41, 5.74) is 2.03. The third kappa shape index (κ3) is 7.95. The molecule has 4 nitrogen and oxygen atoms in total. The van der Waals surface area contributed by atoms with E-state index in [0.29, 0.717) is 24.7 Å². The van der Waals surface area contributed by atoms with Gasteiger partial charge < -0.3 is 19.7 Å². The van der Waals surface area contributed by atoms with Crippen molar-refractivity contribution in [1.29, 1.82) is 0 Å². The largest absolute Gasteiger partial charge is 0.506 e. The van der Waals surface area contributed by atoms with Crippen LogP contribution in [0.5, 0.6) is 23.0 Å². The lowest BCUT2D eigenvalue weighted by atomic mass is 10.2. The van der Waals surface area contributed by atoms with E-state index in [4.69, 9.17) is 9.47 Å². The Morgan fingerprint density at radius 2 is 0.829 bits per heavy atom. The van der Waals surface area contributed by atoms with Gasteiger partial charge in [0.1, 0.15) is 36.2 Å². The fourth-order valence-corrected chi connectivity index (χ4v) is 9.90. The number of hydrogen-bond donors (Lipinski definition) is 2. The molecule has 0 spiro atoms. The Hall–Kier alpha value is -1.43. The Kier molecular flexibility index (Phi) is 10.9. The molecule has 5 aromatic rings. The van der Waals surface area contributed by atoms with Crippen molar-refractivity contribution in [1.82, 2.24) is 0 Å². The van der Waals surface area contributed by atoms with E-state index < -0.39 is 0 Å². The van der Waals surface area contributed by atoms with Crippen molar-refractivity contribution in [3.63, 3.8) is 0 Å². The monoisotopic (exact) mass is 1010 g/mol. The number of phenolic OH excluding ortho intramolecular Hbond substituents is 2. The molecule has 2 N–H and O–H groups in total. The van der Waals surface area contributed by atoms with E-state index in [1.165, 1.54) is 14.7 Å². The SMILES string of the molecule is Oc1c(I)cc(COc2ccc([S+](c3ccccc3)c3ccc(OCc4cc(I)c(O)c(I)c4)cc3)cc2)cc1I. The molecule has 0 aliphatic rings. The van der Waals surface area contributed by atoms with Crippen LogP contribution in [-0.4, -0.2) is 10.2 Å². The van der Waals surface area contributed by atoms with Crippen molar-refractivity contribution in [3.8, 4) is 23.0 Å². The van der Waals surface area contributed by atoms with Crippen LogP contribution in [-0.2, 0) is 24.1 Å². The van der Waals surface area contributed by atoms with Gasteiger partial charge in [0.25, 0.3) is 0 Å². The minimum atomic E-state index is -0.299. The third-order valence-corrected chi connectivity index (χ3v) is 11.6. The molecular formula is C32H23I4O4S+. The van der Waals surface area contributed by atoms with Gasteiger partial charge in [-0.1, -0.05) is 18.2 Å². The van der Waals surface area contributed by atoms with Gasteiger partial charge in [-0.15, -0.1) is 0 Å². The maximum Gasteiger partial charge on any atom is 0.166 e. The quantitative estimate of drug-likeness (QED) is 0.114. The van der Waals surface area contributed by atoms with Gasteiger partial charge in [-0.05, 0) is 186 Å². The topological polar surface area (TPSA) is 58.9 Å². The lowest BCUT2D eigenvalue weighted by molar-refractivity contribution is 0.305. The summed E-state index contributed by atoms with van der Waals surface area (Å²) in [5.74, 6) is 2.22. The standard InChI is InChI=1S/C32H22I4O4S/c33-27-14-20(15-28(34)31(27)37)18-39-22-6-10-25(11-7-22)41(24-4-2-1-3-5-24)26-12-8-23(9-13-26)40-19-21-16-29(35)32(38)30(36)17-21/h1-17H,18-19H2,(H-,37,38)/p+1. The third-order valence-electron chi connectivity index (χ3n) is 6.06. The lowest BCUT2D eigenvalue weighted by Crippen LogP contribution is -2.05. The smallest absolute Gasteiger partial charge is 0.166 e. The highest BCUT2D eigenvalue weighted by Crippen LogP contribution is 2.34. The molecule has 9 heteroatoms. The summed E-state index contributed by atoms with van der Waals surface area (Å²) in [4.78, 5) is 3.62. The highest BCUT2D eigenvalue weighted by atomic mass is 127. The zero-order chi connectivity index (χ0) is 28.9. The number of ether oxygens (including phenoxy) is 2. The van der Waals surface area contributed by atoms with Gasteiger partial charge in [0, 0.05) is 0 Å². The molecule has 41 heavy (non-hydrogen) atoms. The number of phenols is 2. The molecule has 0 bridgehead atoms. The van der Waals surface area contributed by atoms with E-state index in [1.54, 1.807) is 0 Å². The van der Waals surface area contributed by atoms with Crippen LogP contribution in [0.4, 0.5) is 0 Å². The second-order valence-corrected chi connectivity index (χ2v) is 15.6. The van der Waals surface area contributed by atoms with Crippen LogP contribution in [0, 0.1) is 14.3 Å². The predicted molar refractivity (Wildman–Crippen MR) is 197 cm³/mol. The molecule has 0 saturated carbocycles. The normalized spacial score (nSPS) is 11.0. The van der Waals surface area contributed by atoms with Crippen LogP contribution in [0.3, 0.4) is 0 Å². The maximum absolute atomic E-state index is 10.0. The molecule has 208 valence electrons. The number of halogens is 4. The molecule has 0 aliphatic heterocycles. The van der Waals surface area contributed by atoms with Gasteiger partial charge in [0.15, 0.2) is 14.7 Å². The van der Waals surface area contributed by atoms with Gasteiger partial charge in [-0.3, -0.25) is 0 Å². The average Bonchev–Trinajstić information content (AvgIpc) is 2.98. The minimum absolute atomic E-state index is 0.299. The summed E-state index contributed by atoms with van der Waals surface area (Å²) in [6, 6.07) is 34.9. The minimum Gasteiger partial charge on any atom is -0.506 e. The van der Waals surface area contributed by atoms with Crippen molar-refractivity contribution < 1.29 is 19.7 Å². The molecule has 0 unspecified atom stereocenters. The number of aromatic hydroxyl groups is 2. The summed E-state index contributed by atoms with van der Waals surface area (Å²) in [6.45, 7) is 0.861. The molecule has 0 saturated heterocycles. The first-order valence-corrected chi connectivity index (χ1v) is 17.9. The molecule has 5 rings (SSSR count). The zero-order valence-electron chi connectivity index (χ0n) is 21.4. The molecule has 0 radical (unpaired) electrons. The van der Waals surface area contributed by atoms with Crippen molar-refractivity contribution in [2.24, 2.45) is 0 Å². The summed E-state index contributed by atoms with van der Waals surface area (Å²) in [5, 5.41) is 20.1. The lowest BCUT2D eigenvalue weighted by Gasteiger charge is -2.12. The van der Waals surface area contributed by atoms with Crippen LogP contribution in [0.1, 0.15) is 11.1 Å². The summed E-state index contributed by atoms with van der Waals surface area (Å²) in [7, 11) is -0.299. The van der Waals surface area contributed by atoms with E-state index in [9.17, 15) is 10.2 Å². The molecule has 5 aromatic carbocycles. The van der Waals surface area contributed by atoms with Gasteiger partial charge in [0.05, 0.1) is 25.2 Å². The Morgan fingerprint density at radius 1 is 0.488 bits per heavy atom. The predicted octanol–water partition coefficient (Wildman–Crippen LogP) is 9.77. The maximum atomic E-state index is 10.0. The van der Waals surface area contributed by atoms with Crippen LogP contribution < -0.4 is 9.47 Å². The number of benzene rings is 5. The second-order valence-electron chi connectivity index (χ2n) is 8.96. The Balaban J connectivity index is 1.32. The van der Waals surface area contributed by atoms with Crippen molar-refractivity contribution in [3.05, 3.63) is 129 Å². The zero-order valence-corrected chi connectivity index (χ0v) is 30.8. The van der Waals surface area contributed by atoms with Gasteiger partial charge >= 0.3 is 0 Å². The van der Waals surface area contributed by atoms with Crippen LogP contribution in [0.2, 0.25) is 0 Å². The molecule has 0 amide bonds. The van der Waals surface area contributed by atoms with Gasteiger partial charge in [0.2, 0.25) is 0 Å². The molecular weight excluding hydrogens is 988 g/mol. The van der Waals surface area contributed by atoms with E-state index in [-0.39, 0.29) is 10.9 Å². The van der Waals surface area contributed by atoms with E-state index >= 15 is 0 Å². The summed E-state index contributed by atoms with van der Waals surface area (Å²) in [6.07, 6.45) is 0. The van der Waals surface area contributed by atoms with E-state index in [0.717, 1.165) is 36.9 Å². The van der Waals surface area contributed by atoms with E-state index in [2.05, 4.69) is 139 Å². The molecule has 0 heterocycles. The first-order chi connectivity index (χ1) is 19.8. The molecule has 0 aromatic heterocycles. The summed E-state index contributed by atoms with van der Waals surface area (Å²) >= 11 is 8.55. The highest BCUT2D eigenvalue weighted by molar-refractivity contribution is 14.1. The first kappa shape index (κ1) is 31.0. The van der Waals surface area contributed by atoms with Crippen molar-refractivity contribution in [2.75, 3.05) is 0 Å². The Bertz CT molecular complexity index is 1490. The average molecular weight is 1010 g/mol. The van der Waals surface area contributed by atoms with Crippen LogP contribution in [0.15, 0.2) is 118 Å². The second kappa shape index (κ2) is 14.4. The first-order valence-electron chi connectivity index (χ1n) is 12.4. The fourth-order valence-electron chi connectivity index (χ4n) is 4.04. The highest BCUT2D eigenvalue weighted by Gasteiger charge is 2.28. The van der Waals surface area contributed by atoms with E-state index in [1.807, 2.05) is 54.6 Å². The molecule has 0 fully saturated rings. The summed E-state index contributed by atoms with van der Waals surface area (Å²) < 4.78 is 15.4. The molecule has 0 aliphatic carbocycles. The number of hydrogen-bond acceptors (Lipinski definition) is 4. The van der Waals surface area contributed by atoms with Crippen LogP contribution >= 0.6 is 90.4 Å². The Morgan fingerprint density at radius 3 is 1.20 bits per heavy atom. The fraction of sp³-hybridized carbons (Fsp3) is 0.0625. The van der Waals surface area contributed by atoms with Gasteiger partial charge in [-0.25, -0.2) is 0 Å². The number of rotatable bonds is 9. The van der Waals surface area contributed by atoms with Crippen molar-refractivity contribution in [2.45, 2.75) is 27.9 Å². The molecule has 0 atom stereocenters.